The molecule has 5 nitrogen and oxygen atoms in total. The monoisotopic (exact) mass is 309 g/mol. The van der Waals surface area contributed by atoms with E-state index in [-0.39, 0.29) is 17.8 Å². The van der Waals surface area contributed by atoms with Crippen LogP contribution in [0.5, 0.6) is 0 Å². The molecular weight excluding hydrogens is 290 g/mol. The van der Waals surface area contributed by atoms with Crippen molar-refractivity contribution in [2.75, 3.05) is 13.1 Å². The van der Waals surface area contributed by atoms with Crippen molar-refractivity contribution in [3.63, 3.8) is 0 Å². The van der Waals surface area contributed by atoms with Crippen LogP contribution in [-0.4, -0.2) is 36.9 Å². The van der Waals surface area contributed by atoms with Gasteiger partial charge in [-0.05, 0) is 43.7 Å². The molecular formula is C15H19NO4S. The van der Waals surface area contributed by atoms with E-state index in [1.165, 1.54) is 4.31 Å². The van der Waals surface area contributed by atoms with Crippen molar-refractivity contribution in [1.82, 2.24) is 4.31 Å². The zero-order valence-electron chi connectivity index (χ0n) is 11.9. The molecule has 0 amide bonds. The van der Waals surface area contributed by atoms with Gasteiger partial charge in [0.2, 0.25) is 10.0 Å². The zero-order chi connectivity index (χ0) is 15.2. The Kier molecular flexibility index (Phi) is 3.53. The Balaban J connectivity index is 1.74. The fourth-order valence-corrected chi connectivity index (χ4v) is 4.87. The highest BCUT2D eigenvalue weighted by Gasteiger charge is 2.55. The first-order valence-electron chi connectivity index (χ1n) is 7.21. The summed E-state index contributed by atoms with van der Waals surface area (Å²) in [6.07, 6.45) is 1.29. The molecule has 0 unspecified atom stereocenters. The van der Waals surface area contributed by atoms with Gasteiger partial charge in [0, 0.05) is 13.1 Å². The Morgan fingerprint density at radius 1 is 1.14 bits per heavy atom. The number of fused-ring (bicyclic) bond motifs is 1. The summed E-state index contributed by atoms with van der Waals surface area (Å²) in [6, 6.07) is 6.86. The number of hydrogen-bond donors (Lipinski definition) is 1. The normalized spacial score (nSPS) is 29.5. The molecule has 2 fully saturated rings. The molecule has 1 N–H and O–H groups in total. The highest BCUT2D eigenvalue weighted by molar-refractivity contribution is 7.89. The third-order valence-electron chi connectivity index (χ3n) is 4.70. The molecule has 114 valence electrons. The van der Waals surface area contributed by atoms with Crippen LogP contribution in [-0.2, 0) is 14.8 Å². The Morgan fingerprint density at radius 3 is 2.14 bits per heavy atom. The lowest BCUT2D eigenvalue weighted by Gasteiger charge is -2.21. The summed E-state index contributed by atoms with van der Waals surface area (Å²) in [4.78, 5) is 11.4. The number of hydrogen-bond acceptors (Lipinski definition) is 3. The number of sulfonamides is 1. The molecule has 2 aliphatic rings. The number of carboxylic acid groups (broad SMARTS) is 1. The average Bonchev–Trinajstić information content (AvgIpc) is 3.13. The topological polar surface area (TPSA) is 74.7 Å². The van der Waals surface area contributed by atoms with Crippen LogP contribution in [0.25, 0.3) is 0 Å². The van der Waals surface area contributed by atoms with E-state index >= 15 is 0 Å². The predicted octanol–water partition coefficient (Wildman–Crippen LogP) is 1.73. The molecule has 1 aromatic rings. The number of benzene rings is 1. The van der Waals surface area contributed by atoms with Crippen LogP contribution in [0.2, 0.25) is 0 Å². The summed E-state index contributed by atoms with van der Waals surface area (Å²) >= 11 is 0. The van der Waals surface area contributed by atoms with Gasteiger partial charge < -0.3 is 5.11 Å². The van der Waals surface area contributed by atoms with E-state index in [0.29, 0.717) is 30.8 Å². The first-order valence-corrected chi connectivity index (χ1v) is 8.65. The van der Waals surface area contributed by atoms with Gasteiger partial charge in [-0.3, -0.25) is 4.79 Å². The number of aliphatic carboxylic acids is 1. The molecule has 1 saturated heterocycles. The SMILES string of the molecule is Cc1ccc(S(=O)(=O)N2CC[C@@H]3C(C(=O)O)[C@H]3CC2)cc1. The van der Waals surface area contributed by atoms with Crippen molar-refractivity contribution in [1.29, 1.82) is 0 Å². The van der Waals surface area contributed by atoms with Crippen molar-refractivity contribution in [3.8, 4) is 0 Å². The van der Waals surface area contributed by atoms with Crippen molar-refractivity contribution < 1.29 is 18.3 Å². The molecule has 0 aromatic heterocycles. The van der Waals surface area contributed by atoms with Gasteiger partial charge in [0.25, 0.3) is 0 Å². The zero-order valence-corrected chi connectivity index (χ0v) is 12.7. The van der Waals surface area contributed by atoms with E-state index in [1.54, 1.807) is 24.3 Å². The third kappa shape index (κ3) is 2.58. The number of aryl methyl sites for hydroxylation is 1. The molecule has 1 aliphatic carbocycles. The quantitative estimate of drug-likeness (QED) is 0.922. The summed E-state index contributed by atoms with van der Waals surface area (Å²) < 4.78 is 26.7. The van der Waals surface area contributed by atoms with Gasteiger partial charge in [-0.1, -0.05) is 17.7 Å². The van der Waals surface area contributed by atoms with Gasteiger partial charge in [-0.15, -0.1) is 0 Å². The largest absolute Gasteiger partial charge is 0.481 e. The van der Waals surface area contributed by atoms with E-state index in [4.69, 9.17) is 5.11 Å². The molecule has 3 rings (SSSR count). The molecule has 2 atom stereocenters. The van der Waals surface area contributed by atoms with Gasteiger partial charge >= 0.3 is 5.97 Å². The van der Waals surface area contributed by atoms with Crippen LogP contribution < -0.4 is 0 Å². The fourth-order valence-electron chi connectivity index (χ4n) is 3.40. The third-order valence-corrected chi connectivity index (χ3v) is 6.61. The number of rotatable bonds is 3. The second-order valence-corrected chi connectivity index (χ2v) is 7.92. The minimum absolute atomic E-state index is 0.153. The smallest absolute Gasteiger partial charge is 0.307 e. The molecule has 21 heavy (non-hydrogen) atoms. The van der Waals surface area contributed by atoms with Crippen molar-refractivity contribution in [2.45, 2.75) is 24.7 Å². The van der Waals surface area contributed by atoms with E-state index in [0.717, 1.165) is 5.56 Å². The van der Waals surface area contributed by atoms with Crippen molar-refractivity contribution >= 4 is 16.0 Å². The van der Waals surface area contributed by atoms with Crippen LogP contribution in [0.4, 0.5) is 0 Å². The molecule has 6 heteroatoms. The standard InChI is InChI=1S/C15H19NO4S/c1-10-2-4-11(5-3-10)21(19,20)16-8-6-12-13(7-9-16)14(12)15(17)18/h2-5,12-14H,6-9H2,1H3,(H,17,18)/t12-,13-/m0/s1. The van der Waals surface area contributed by atoms with E-state index in [2.05, 4.69) is 0 Å². The van der Waals surface area contributed by atoms with Crippen molar-refractivity contribution in [2.24, 2.45) is 17.8 Å². The van der Waals surface area contributed by atoms with Crippen LogP contribution >= 0.6 is 0 Å². The molecule has 0 bridgehead atoms. The fraction of sp³-hybridized carbons (Fsp3) is 0.533. The molecule has 1 aromatic carbocycles. The maximum atomic E-state index is 12.6. The molecule has 1 heterocycles. The lowest BCUT2D eigenvalue weighted by atomic mass is 10.2. The van der Waals surface area contributed by atoms with Crippen molar-refractivity contribution in [3.05, 3.63) is 29.8 Å². The van der Waals surface area contributed by atoms with E-state index in [9.17, 15) is 13.2 Å². The molecule has 1 aliphatic heterocycles. The van der Waals surface area contributed by atoms with Gasteiger partial charge in [-0.2, -0.15) is 4.31 Å². The highest BCUT2D eigenvalue weighted by Crippen LogP contribution is 2.52. The minimum Gasteiger partial charge on any atom is -0.481 e. The first kappa shape index (κ1) is 14.5. The first-order chi connectivity index (χ1) is 9.91. The van der Waals surface area contributed by atoms with Gasteiger partial charge in [0.15, 0.2) is 0 Å². The van der Waals surface area contributed by atoms with Gasteiger partial charge in [0.05, 0.1) is 10.8 Å². The number of carboxylic acids is 1. The molecule has 0 spiro atoms. The molecule has 0 radical (unpaired) electrons. The lowest BCUT2D eigenvalue weighted by Crippen LogP contribution is -2.33. The van der Waals surface area contributed by atoms with E-state index in [1.807, 2.05) is 6.92 Å². The molecule has 1 saturated carbocycles. The van der Waals surface area contributed by atoms with Crippen LogP contribution in [0.15, 0.2) is 29.2 Å². The number of nitrogens with zero attached hydrogens (tertiary/aromatic N) is 1. The minimum atomic E-state index is -3.46. The Morgan fingerprint density at radius 2 is 1.67 bits per heavy atom. The van der Waals surface area contributed by atoms with Crippen LogP contribution in [0, 0.1) is 24.7 Å². The Labute approximate surface area is 124 Å². The maximum absolute atomic E-state index is 12.6. The average molecular weight is 309 g/mol. The second-order valence-electron chi connectivity index (χ2n) is 5.99. The summed E-state index contributed by atoms with van der Waals surface area (Å²) in [6.45, 7) is 2.75. The van der Waals surface area contributed by atoms with Crippen LogP contribution in [0.1, 0.15) is 18.4 Å². The predicted molar refractivity (Wildman–Crippen MR) is 77.3 cm³/mol. The summed E-state index contributed by atoms with van der Waals surface area (Å²) in [5, 5.41) is 9.07. The Bertz CT molecular complexity index is 639. The van der Waals surface area contributed by atoms with Gasteiger partial charge in [-0.25, -0.2) is 8.42 Å². The number of carbonyl (C=O) groups is 1. The highest BCUT2D eigenvalue weighted by atomic mass is 32.2. The van der Waals surface area contributed by atoms with Crippen LogP contribution in [0.3, 0.4) is 0 Å². The summed E-state index contributed by atoms with van der Waals surface area (Å²) in [7, 11) is -3.46. The maximum Gasteiger partial charge on any atom is 0.307 e. The lowest BCUT2D eigenvalue weighted by molar-refractivity contribution is -0.139. The second kappa shape index (κ2) is 5.10. The summed E-state index contributed by atoms with van der Waals surface area (Å²) in [5.74, 6) is -0.685. The summed E-state index contributed by atoms with van der Waals surface area (Å²) in [5.41, 5.74) is 1.02. The van der Waals surface area contributed by atoms with Gasteiger partial charge in [0.1, 0.15) is 0 Å². The Hall–Kier alpha value is -1.40. The van der Waals surface area contributed by atoms with E-state index < -0.39 is 16.0 Å².